The van der Waals surface area contributed by atoms with E-state index in [1.54, 1.807) is 6.07 Å². The standard InChI is InChI=1S/C27H22N2O7/c1-14-5-6-15(2)22(9-14)29-24(31)20-8-7-16(13-21(20)25(29)32)23(30)28-19-11-17(26(33)35-3)10-18(12-19)27(34)36-4/h5-13H,1-4H3,(H,28,30). The SMILES string of the molecule is COC(=O)c1cc(NC(=O)c2ccc3c(c2)C(=O)N(c2cc(C)ccc2C)C3=O)cc(C(=O)OC)c1. The fraction of sp³-hybridized carbons (Fsp3) is 0.148. The van der Waals surface area contributed by atoms with E-state index < -0.39 is 29.7 Å². The van der Waals surface area contributed by atoms with Gasteiger partial charge in [0.05, 0.1) is 42.2 Å². The smallest absolute Gasteiger partial charge is 0.337 e. The Labute approximate surface area is 206 Å². The molecule has 0 spiro atoms. The van der Waals surface area contributed by atoms with Crippen molar-refractivity contribution < 1.29 is 33.4 Å². The Hall–Kier alpha value is -4.79. The van der Waals surface area contributed by atoms with Crippen LogP contribution < -0.4 is 10.2 Å². The van der Waals surface area contributed by atoms with Crippen molar-refractivity contribution >= 4 is 41.0 Å². The molecule has 36 heavy (non-hydrogen) atoms. The molecule has 9 nitrogen and oxygen atoms in total. The number of carbonyl (C=O) groups is 5. The summed E-state index contributed by atoms with van der Waals surface area (Å²) in [7, 11) is 2.38. The van der Waals surface area contributed by atoms with Gasteiger partial charge in [-0.2, -0.15) is 0 Å². The third-order valence-electron chi connectivity index (χ3n) is 5.79. The molecule has 9 heteroatoms. The monoisotopic (exact) mass is 486 g/mol. The highest BCUT2D eigenvalue weighted by Gasteiger charge is 2.37. The average Bonchev–Trinajstić information content (AvgIpc) is 3.13. The quantitative estimate of drug-likeness (QED) is 0.429. The maximum absolute atomic E-state index is 13.2. The number of ether oxygens (including phenoxy) is 2. The molecule has 0 saturated carbocycles. The first-order valence-electron chi connectivity index (χ1n) is 10.9. The Balaban J connectivity index is 1.65. The molecule has 0 unspecified atom stereocenters. The topological polar surface area (TPSA) is 119 Å². The van der Waals surface area contributed by atoms with E-state index in [0.29, 0.717) is 5.69 Å². The van der Waals surface area contributed by atoms with Gasteiger partial charge in [-0.25, -0.2) is 14.5 Å². The van der Waals surface area contributed by atoms with Crippen molar-refractivity contribution in [2.45, 2.75) is 13.8 Å². The number of nitrogens with one attached hydrogen (secondary N) is 1. The number of amides is 3. The minimum absolute atomic E-state index is 0.0367. The Morgan fingerprint density at radius 3 is 1.94 bits per heavy atom. The average molecular weight is 486 g/mol. The number of hydrogen-bond donors (Lipinski definition) is 1. The summed E-state index contributed by atoms with van der Waals surface area (Å²) in [6.07, 6.45) is 0. The molecule has 0 saturated heterocycles. The maximum Gasteiger partial charge on any atom is 0.337 e. The minimum Gasteiger partial charge on any atom is -0.465 e. The van der Waals surface area contributed by atoms with Crippen LogP contribution in [0.1, 0.15) is 62.9 Å². The fourth-order valence-electron chi connectivity index (χ4n) is 3.94. The first-order valence-corrected chi connectivity index (χ1v) is 10.9. The van der Waals surface area contributed by atoms with E-state index in [-0.39, 0.29) is 33.5 Å². The van der Waals surface area contributed by atoms with Crippen LogP contribution in [0.4, 0.5) is 11.4 Å². The lowest BCUT2D eigenvalue weighted by Crippen LogP contribution is -2.30. The first kappa shape index (κ1) is 24.3. The van der Waals surface area contributed by atoms with Gasteiger partial charge in [0.15, 0.2) is 0 Å². The number of aryl methyl sites for hydroxylation is 2. The van der Waals surface area contributed by atoms with E-state index in [1.165, 1.54) is 50.6 Å². The lowest BCUT2D eigenvalue weighted by Gasteiger charge is -2.17. The largest absolute Gasteiger partial charge is 0.465 e. The van der Waals surface area contributed by atoms with E-state index in [2.05, 4.69) is 5.32 Å². The van der Waals surface area contributed by atoms with Crippen LogP contribution in [-0.4, -0.2) is 43.9 Å². The molecule has 3 aromatic rings. The van der Waals surface area contributed by atoms with Crippen molar-refractivity contribution in [3.8, 4) is 0 Å². The Morgan fingerprint density at radius 2 is 1.33 bits per heavy atom. The summed E-state index contributed by atoms with van der Waals surface area (Å²) in [6.45, 7) is 3.67. The van der Waals surface area contributed by atoms with E-state index in [1.807, 2.05) is 26.0 Å². The molecule has 0 fully saturated rings. The number of hydrogen-bond acceptors (Lipinski definition) is 7. The Morgan fingerprint density at radius 1 is 0.722 bits per heavy atom. The molecule has 0 atom stereocenters. The molecule has 0 radical (unpaired) electrons. The summed E-state index contributed by atoms with van der Waals surface area (Å²) in [5, 5.41) is 2.61. The van der Waals surface area contributed by atoms with E-state index in [0.717, 1.165) is 16.0 Å². The predicted molar refractivity (Wildman–Crippen MR) is 131 cm³/mol. The molecule has 1 heterocycles. The highest BCUT2D eigenvalue weighted by atomic mass is 16.5. The summed E-state index contributed by atoms with van der Waals surface area (Å²) in [5.74, 6) is -3.02. The zero-order chi connectivity index (χ0) is 26.1. The van der Waals surface area contributed by atoms with Gasteiger partial charge in [-0.1, -0.05) is 12.1 Å². The molecule has 182 valence electrons. The number of rotatable bonds is 5. The predicted octanol–water partition coefficient (Wildman–Crippen LogP) is 3.93. The minimum atomic E-state index is -0.704. The lowest BCUT2D eigenvalue weighted by atomic mass is 10.0. The number of benzene rings is 3. The normalized spacial score (nSPS) is 12.3. The fourth-order valence-corrected chi connectivity index (χ4v) is 3.94. The second-order valence-corrected chi connectivity index (χ2v) is 8.23. The summed E-state index contributed by atoms with van der Waals surface area (Å²) in [4.78, 5) is 64.3. The van der Waals surface area contributed by atoms with Crippen LogP contribution in [0.2, 0.25) is 0 Å². The van der Waals surface area contributed by atoms with Crippen molar-refractivity contribution in [3.05, 3.63) is 93.5 Å². The third-order valence-corrected chi connectivity index (χ3v) is 5.79. The lowest BCUT2D eigenvalue weighted by molar-refractivity contribution is 0.0598. The van der Waals surface area contributed by atoms with Gasteiger partial charge in [0, 0.05) is 11.3 Å². The van der Waals surface area contributed by atoms with Gasteiger partial charge in [0.2, 0.25) is 0 Å². The summed E-state index contributed by atoms with van der Waals surface area (Å²) in [6, 6.07) is 13.7. The van der Waals surface area contributed by atoms with Gasteiger partial charge >= 0.3 is 11.9 Å². The molecule has 1 aliphatic heterocycles. The molecular formula is C27H22N2O7. The number of anilines is 2. The van der Waals surface area contributed by atoms with Crippen LogP contribution in [-0.2, 0) is 9.47 Å². The van der Waals surface area contributed by atoms with Crippen molar-refractivity contribution in [1.82, 2.24) is 0 Å². The van der Waals surface area contributed by atoms with Crippen LogP contribution in [0.3, 0.4) is 0 Å². The first-order chi connectivity index (χ1) is 17.1. The van der Waals surface area contributed by atoms with Crippen molar-refractivity contribution in [2.24, 2.45) is 0 Å². The van der Waals surface area contributed by atoms with Gasteiger partial charge < -0.3 is 14.8 Å². The van der Waals surface area contributed by atoms with Gasteiger partial charge in [-0.05, 0) is 67.4 Å². The van der Waals surface area contributed by atoms with Gasteiger partial charge in [-0.3, -0.25) is 14.4 Å². The number of fused-ring (bicyclic) bond motifs is 1. The molecule has 0 aliphatic carbocycles. The van der Waals surface area contributed by atoms with Crippen LogP contribution in [0.5, 0.6) is 0 Å². The number of esters is 2. The number of imide groups is 1. The number of methoxy groups -OCH3 is 2. The third kappa shape index (κ3) is 4.34. The summed E-state index contributed by atoms with van der Waals surface area (Å²) in [5.41, 5.74) is 2.77. The van der Waals surface area contributed by atoms with Crippen LogP contribution >= 0.6 is 0 Å². The van der Waals surface area contributed by atoms with Crippen LogP contribution in [0.25, 0.3) is 0 Å². The zero-order valence-electron chi connectivity index (χ0n) is 20.0. The summed E-state index contributed by atoms with van der Waals surface area (Å²) >= 11 is 0. The van der Waals surface area contributed by atoms with Crippen LogP contribution in [0.15, 0.2) is 54.6 Å². The molecule has 3 aromatic carbocycles. The highest BCUT2D eigenvalue weighted by Crippen LogP contribution is 2.32. The van der Waals surface area contributed by atoms with Crippen molar-refractivity contribution in [1.29, 1.82) is 0 Å². The summed E-state index contributed by atoms with van der Waals surface area (Å²) < 4.78 is 9.41. The number of carbonyl (C=O) groups excluding carboxylic acids is 5. The second kappa shape index (κ2) is 9.46. The number of nitrogens with zero attached hydrogens (tertiary/aromatic N) is 1. The van der Waals surface area contributed by atoms with Gasteiger partial charge in [0.25, 0.3) is 17.7 Å². The van der Waals surface area contributed by atoms with Crippen molar-refractivity contribution in [3.63, 3.8) is 0 Å². The van der Waals surface area contributed by atoms with E-state index in [9.17, 15) is 24.0 Å². The van der Waals surface area contributed by atoms with Gasteiger partial charge in [-0.15, -0.1) is 0 Å². The maximum atomic E-state index is 13.2. The molecule has 1 N–H and O–H groups in total. The second-order valence-electron chi connectivity index (χ2n) is 8.23. The zero-order valence-corrected chi connectivity index (χ0v) is 20.0. The van der Waals surface area contributed by atoms with Crippen LogP contribution in [0, 0.1) is 13.8 Å². The molecular weight excluding hydrogens is 464 g/mol. The highest BCUT2D eigenvalue weighted by molar-refractivity contribution is 6.35. The molecule has 3 amide bonds. The molecule has 4 rings (SSSR count). The van der Waals surface area contributed by atoms with E-state index in [4.69, 9.17) is 9.47 Å². The van der Waals surface area contributed by atoms with E-state index >= 15 is 0 Å². The molecule has 1 aliphatic rings. The van der Waals surface area contributed by atoms with Gasteiger partial charge in [0.1, 0.15) is 0 Å². The molecule has 0 aromatic heterocycles. The Kier molecular flexibility index (Phi) is 6.39. The Bertz CT molecular complexity index is 1420. The van der Waals surface area contributed by atoms with Crippen molar-refractivity contribution in [2.75, 3.05) is 24.4 Å². The molecule has 0 bridgehead atoms.